The van der Waals surface area contributed by atoms with Gasteiger partial charge < -0.3 is 4.74 Å². The quantitative estimate of drug-likeness (QED) is 0.666. The molecule has 2 unspecified atom stereocenters. The topological polar surface area (TPSA) is 35.5 Å². The number of rotatable bonds is 4. The SMILES string of the molecule is CC(C)(C)c1ccc(OC2CCCCC2(Cl)O[SH]=O)cc1. The van der Waals surface area contributed by atoms with Crippen LogP contribution in [0.3, 0.4) is 0 Å². The van der Waals surface area contributed by atoms with Crippen LogP contribution in [-0.4, -0.2) is 15.4 Å². The first-order valence-electron chi connectivity index (χ1n) is 7.32. The Balaban J connectivity index is 2.10. The highest BCUT2D eigenvalue weighted by Gasteiger charge is 2.42. The van der Waals surface area contributed by atoms with Gasteiger partial charge >= 0.3 is 0 Å². The van der Waals surface area contributed by atoms with Crippen LogP contribution in [0.5, 0.6) is 5.75 Å². The number of alkyl halides is 1. The Labute approximate surface area is 135 Å². The number of hydrogen-bond donors (Lipinski definition) is 1. The summed E-state index contributed by atoms with van der Waals surface area (Å²) in [6, 6.07) is 8.06. The average molecular weight is 331 g/mol. The maximum absolute atomic E-state index is 10.8. The Morgan fingerprint density at radius 1 is 1.24 bits per heavy atom. The molecule has 0 spiro atoms. The van der Waals surface area contributed by atoms with Crippen molar-refractivity contribution in [3.05, 3.63) is 29.8 Å². The van der Waals surface area contributed by atoms with E-state index in [1.807, 2.05) is 12.1 Å². The van der Waals surface area contributed by atoms with Crippen LogP contribution in [0.2, 0.25) is 0 Å². The number of thiol groups is 1. The molecule has 0 amide bonds. The van der Waals surface area contributed by atoms with Gasteiger partial charge in [0.05, 0.1) is 0 Å². The molecule has 0 aliphatic heterocycles. The number of benzene rings is 1. The summed E-state index contributed by atoms with van der Waals surface area (Å²) in [4.78, 5) is 0. The first-order chi connectivity index (χ1) is 9.85. The summed E-state index contributed by atoms with van der Waals surface area (Å²) in [6.45, 7) is 6.53. The van der Waals surface area contributed by atoms with Crippen LogP contribution in [-0.2, 0) is 21.5 Å². The fraction of sp³-hybridized carbons (Fsp3) is 0.625. The van der Waals surface area contributed by atoms with Gasteiger partial charge in [-0.25, -0.2) is 4.21 Å². The van der Waals surface area contributed by atoms with E-state index < -0.39 is 17.0 Å². The van der Waals surface area contributed by atoms with Crippen molar-refractivity contribution in [2.45, 2.75) is 63.0 Å². The predicted molar refractivity (Wildman–Crippen MR) is 87.2 cm³/mol. The molecule has 1 aromatic carbocycles. The smallest absolute Gasteiger partial charge is 0.194 e. The van der Waals surface area contributed by atoms with Crippen molar-refractivity contribution >= 4 is 23.5 Å². The molecular formula is C16H23ClO3S. The monoisotopic (exact) mass is 330 g/mol. The van der Waals surface area contributed by atoms with Gasteiger partial charge in [0, 0.05) is 0 Å². The molecule has 0 N–H and O–H groups in total. The molecule has 1 aliphatic carbocycles. The van der Waals surface area contributed by atoms with E-state index in [9.17, 15) is 4.21 Å². The van der Waals surface area contributed by atoms with Crippen molar-refractivity contribution in [3.63, 3.8) is 0 Å². The van der Waals surface area contributed by atoms with Crippen LogP contribution in [0.1, 0.15) is 52.0 Å². The van der Waals surface area contributed by atoms with Crippen LogP contribution < -0.4 is 4.74 Å². The third kappa shape index (κ3) is 4.21. The van der Waals surface area contributed by atoms with E-state index in [1.165, 1.54) is 5.56 Å². The summed E-state index contributed by atoms with van der Waals surface area (Å²) in [5, 5.41) is -0.996. The van der Waals surface area contributed by atoms with Gasteiger partial charge in [-0.05, 0) is 48.8 Å². The molecule has 5 heteroatoms. The first kappa shape index (κ1) is 16.8. The van der Waals surface area contributed by atoms with Crippen LogP contribution in [0.25, 0.3) is 0 Å². The second-order valence-corrected chi connectivity index (χ2v) is 7.55. The Bertz CT molecular complexity index is 483. The van der Waals surface area contributed by atoms with Gasteiger partial charge in [0.15, 0.2) is 5.06 Å². The van der Waals surface area contributed by atoms with E-state index in [1.54, 1.807) is 0 Å². The standard InChI is InChI=1S/C16H23ClO3S/c1-15(2,3)12-7-9-13(10-8-12)19-14-6-4-5-11-16(14,17)20-21-18/h7-10,14,21H,4-6,11H2,1-3H3. The summed E-state index contributed by atoms with van der Waals surface area (Å²) in [7, 11) is 0. The van der Waals surface area contributed by atoms with E-state index in [-0.39, 0.29) is 11.5 Å². The molecular weight excluding hydrogens is 308 g/mol. The fourth-order valence-electron chi connectivity index (χ4n) is 2.58. The molecule has 118 valence electrons. The van der Waals surface area contributed by atoms with Crippen LogP contribution in [0.4, 0.5) is 0 Å². The lowest BCUT2D eigenvalue weighted by atomic mass is 9.87. The third-order valence-electron chi connectivity index (χ3n) is 3.90. The maximum Gasteiger partial charge on any atom is 0.194 e. The summed E-state index contributed by atoms with van der Waals surface area (Å²) in [6.07, 6.45) is 3.17. The zero-order valence-corrected chi connectivity index (χ0v) is 14.4. The van der Waals surface area contributed by atoms with Gasteiger partial charge in [-0.3, -0.25) is 4.18 Å². The molecule has 21 heavy (non-hydrogen) atoms. The molecule has 1 saturated carbocycles. The van der Waals surface area contributed by atoms with E-state index in [0.717, 1.165) is 25.0 Å². The Kier molecular flexibility index (Phi) is 5.33. The summed E-state index contributed by atoms with van der Waals surface area (Å²) in [5.74, 6) is 0.770. The fourth-order valence-corrected chi connectivity index (χ4v) is 3.29. The van der Waals surface area contributed by atoms with Gasteiger partial charge in [-0.15, -0.1) is 0 Å². The van der Waals surface area contributed by atoms with Gasteiger partial charge in [0.1, 0.15) is 23.8 Å². The second kappa shape index (κ2) is 6.67. The second-order valence-electron chi connectivity index (χ2n) is 6.58. The molecule has 0 saturated heterocycles. The van der Waals surface area contributed by atoms with Crippen molar-refractivity contribution < 1.29 is 13.1 Å². The van der Waals surface area contributed by atoms with Gasteiger partial charge in [0.2, 0.25) is 0 Å². The normalized spacial score (nSPS) is 26.6. The Hall–Kier alpha value is -0.580. The minimum atomic E-state index is -0.996. The lowest BCUT2D eigenvalue weighted by Crippen LogP contribution is -2.45. The molecule has 2 atom stereocenters. The minimum absolute atomic E-state index is 0.115. The van der Waals surface area contributed by atoms with Crippen molar-refractivity contribution in [2.24, 2.45) is 0 Å². The molecule has 1 aromatic rings. The van der Waals surface area contributed by atoms with Crippen molar-refractivity contribution in [3.8, 4) is 5.75 Å². The third-order valence-corrected chi connectivity index (χ3v) is 4.92. The number of ether oxygens (including phenoxy) is 1. The summed E-state index contributed by atoms with van der Waals surface area (Å²) >= 11 is 6.04. The molecule has 1 fully saturated rings. The molecule has 3 nitrogen and oxygen atoms in total. The molecule has 0 radical (unpaired) electrons. The van der Waals surface area contributed by atoms with E-state index >= 15 is 0 Å². The Morgan fingerprint density at radius 3 is 2.48 bits per heavy atom. The van der Waals surface area contributed by atoms with Gasteiger partial charge in [0.25, 0.3) is 0 Å². The molecule has 0 aromatic heterocycles. The molecule has 1 aliphatic rings. The van der Waals surface area contributed by atoms with Crippen LogP contribution in [0, 0.1) is 0 Å². The van der Waals surface area contributed by atoms with Crippen LogP contribution in [0.15, 0.2) is 24.3 Å². The average Bonchev–Trinajstić information content (AvgIpc) is 2.41. The lowest BCUT2D eigenvalue weighted by Gasteiger charge is -2.36. The van der Waals surface area contributed by atoms with Crippen molar-refractivity contribution in [2.75, 3.05) is 0 Å². The van der Waals surface area contributed by atoms with E-state index in [4.69, 9.17) is 20.5 Å². The minimum Gasteiger partial charge on any atom is -0.486 e. The first-order valence-corrected chi connectivity index (χ1v) is 8.43. The van der Waals surface area contributed by atoms with E-state index in [0.29, 0.717) is 6.42 Å². The predicted octanol–water partition coefficient (Wildman–Crippen LogP) is 4.12. The van der Waals surface area contributed by atoms with Gasteiger partial charge in [-0.1, -0.05) is 44.5 Å². The highest BCUT2D eigenvalue weighted by Crippen LogP contribution is 2.38. The number of hydrogen-bond acceptors (Lipinski definition) is 3. The molecule has 0 heterocycles. The zero-order valence-electron chi connectivity index (χ0n) is 12.8. The number of halogens is 1. The summed E-state index contributed by atoms with van der Waals surface area (Å²) in [5.41, 5.74) is 1.37. The molecule has 2 rings (SSSR count). The van der Waals surface area contributed by atoms with E-state index in [2.05, 4.69) is 32.9 Å². The molecule has 0 bridgehead atoms. The van der Waals surface area contributed by atoms with Gasteiger partial charge in [-0.2, -0.15) is 0 Å². The largest absolute Gasteiger partial charge is 0.486 e. The van der Waals surface area contributed by atoms with Crippen molar-refractivity contribution in [1.29, 1.82) is 0 Å². The lowest BCUT2D eigenvalue weighted by molar-refractivity contribution is 0.00253. The summed E-state index contributed by atoms with van der Waals surface area (Å²) < 4.78 is 21.9. The zero-order chi connectivity index (χ0) is 15.5. The highest BCUT2D eigenvalue weighted by atomic mass is 35.5. The van der Waals surface area contributed by atoms with Crippen molar-refractivity contribution in [1.82, 2.24) is 0 Å². The maximum atomic E-state index is 10.8. The van der Waals surface area contributed by atoms with Crippen LogP contribution >= 0.6 is 11.6 Å². The highest BCUT2D eigenvalue weighted by molar-refractivity contribution is 7.60. The Morgan fingerprint density at radius 2 is 1.90 bits per heavy atom.